The lowest BCUT2D eigenvalue weighted by molar-refractivity contribution is 0.138. The van der Waals surface area contributed by atoms with Crippen molar-refractivity contribution in [2.45, 2.75) is 32.3 Å². The van der Waals surface area contributed by atoms with Crippen LogP contribution in [0.4, 0.5) is 0 Å². The second-order valence-electron chi connectivity index (χ2n) is 6.99. The second kappa shape index (κ2) is 6.16. The monoisotopic (exact) mass is 354 g/mol. The quantitative estimate of drug-likeness (QED) is 0.808. The smallest absolute Gasteiger partial charge is 0.167 e. The summed E-state index contributed by atoms with van der Waals surface area (Å²) in [7, 11) is 1.55. The summed E-state index contributed by atoms with van der Waals surface area (Å²) < 4.78 is 17.6. The van der Waals surface area contributed by atoms with Crippen LogP contribution in [-0.2, 0) is 6.42 Å². The first-order chi connectivity index (χ1) is 12.5. The van der Waals surface area contributed by atoms with Gasteiger partial charge in [0.15, 0.2) is 11.5 Å². The number of hydrogen-bond acceptors (Lipinski definition) is 5. The Morgan fingerprint density at radius 3 is 2.77 bits per heavy atom. The number of aromatic hydroxyl groups is 2. The summed E-state index contributed by atoms with van der Waals surface area (Å²) in [5, 5.41) is 20.2. The molecule has 0 spiro atoms. The van der Waals surface area contributed by atoms with Crippen molar-refractivity contribution in [3.8, 4) is 28.7 Å². The lowest BCUT2D eigenvalue weighted by Gasteiger charge is -2.27. The van der Waals surface area contributed by atoms with E-state index < -0.39 is 0 Å². The van der Waals surface area contributed by atoms with Crippen LogP contribution >= 0.6 is 0 Å². The molecule has 0 saturated carbocycles. The molecule has 0 amide bonds. The Morgan fingerprint density at radius 2 is 2.04 bits per heavy atom. The van der Waals surface area contributed by atoms with E-state index >= 15 is 0 Å². The fraction of sp³-hybridized carbons (Fsp3) is 0.333. The van der Waals surface area contributed by atoms with Crippen LogP contribution in [0.25, 0.3) is 0 Å². The zero-order valence-electron chi connectivity index (χ0n) is 15.1. The van der Waals surface area contributed by atoms with Crippen molar-refractivity contribution in [3.63, 3.8) is 0 Å². The van der Waals surface area contributed by atoms with Gasteiger partial charge in [-0.15, -0.1) is 0 Å². The van der Waals surface area contributed by atoms with Crippen LogP contribution in [0.15, 0.2) is 35.9 Å². The minimum Gasteiger partial charge on any atom is -0.508 e. The van der Waals surface area contributed by atoms with Gasteiger partial charge in [-0.3, -0.25) is 0 Å². The van der Waals surface area contributed by atoms with Gasteiger partial charge < -0.3 is 24.4 Å². The fourth-order valence-electron chi connectivity index (χ4n) is 3.74. The van der Waals surface area contributed by atoms with Gasteiger partial charge in [-0.05, 0) is 38.5 Å². The standard InChI is InChI=1S/C21H22O5/c1-11(2)4-6-14-20-15(9-17(23)21(14)24-3)16-10-25-18-8-12(22)5-7-13(18)19(16)26-20/h4-5,7-9,16,19,22-23H,6,10H2,1-3H3/t16-,19-/m0/s1. The van der Waals surface area contributed by atoms with Crippen molar-refractivity contribution in [1.29, 1.82) is 0 Å². The van der Waals surface area contributed by atoms with Gasteiger partial charge in [-0.25, -0.2) is 0 Å². The zero-order valence-corrected chi connectivity index (χ0v) is 15.1. The molecule has 5 nitrogen and oxygen atoms in total. The molecule has 2 N–H and O–H groups in total. The average molecular weight is 354 g/mol. The molecule has 2 aliphatic heterocycles. The van der Waals surface area contributed by atoms with E-state index in [1.807, 2.05) is 19.9 Å². The molecule has 0 aliphatic carbocycles. The number of phenolic OH excluding ortho intramolecular Hbond substituents is 2. The number of ether oxygens (including phenoxy) is 3. The summed E-state index contributed by atoms with van der Waals surface area (Å²) in [5.74, 6) is 2.12. The third-order valence-corrected chi connectivity index (χ3v) is 4.99. The summed E-state index contributed by atoms with van der Waals surface area (Å²) in [6, 6.07) is 6.80. The largest absolute Gasteiger partial charge is 0.508 e. The second-order valence-corrected chi connectivity index (χ2v) is 6.99. The zero-order chi connectivity index (χ0) is 18.4. The predicted octanol–water partition coefficient (Wildman–Crippen LogP) is 4.22. The molecule has 0 bridgehead atoms. The van der Waals surface area contributed by atoms with Gasteiger partial charge in [0.2, 0.25) is 0 Å². The highest BCUT2D eigenvalue weighted by Gasteiger charge is 2.43. The predicted molar refractivity (Wildman–Crippen MR) is 97.5 cm³/mol. The van der Waals surface area contributed by atoms with Crippen LogP contribution in [0.1, 0.15) is 42.6 Å². The Bertz CT molecular complexity index is 896. The summed E-state index contributed by atoms with van der Waals surface area (Å²) in [6.07, 6.45) is 2.50. The molecule has 2 aromatic rings. The van der Waals surface area contributed by atoms with Crippen molar-refractivity contribution >= 4 is 0 Å². The molecule has 26 heavy (non-hydrogen) atoms. The number of allylic oxidation sites excluding steroid dienone is 2. The molecular weight excluding hydrogens is 332 g/mol. The first-order valence-electron chi connectivity index (χ1n) is 8.68. The van der Waals surface area contributed by atoms with Crippen LogP contribution in [0.3, 0.4) is 0 Å². The summed E-state index contributed by atoms with van der Waals surface area (Å²) >= 11 is 0. The average Bonchev–Trinajstić information content (AvgIpc) is 2.97. The van der Waals surface area contributed by atoms with E-state index in [1.165, 1.54) is 5.57 Å². The number of rotatable bonds is 3. The SMILES string of the molecule is COc1c(O)cc2c(c1CC=C(C)C)O[C@H]1c3ccc(O)cc3OC[C@@H]21. The van der Waals surface area contributed by atoms with Crippen LogP contribution in [0.2, 0.25) is 0 Å². The molecular formula is C21H22O5. The van der Waals surface area contributed by atoms with Crippen LogP contribution in [0, 0.1) is 0 Å². The maximum absolute atomic E-state index is 10.5. The van der Waals surface area contributed by atoms with E-state index in [0.717, 1.165) is 22.4 Å². The molecule has 0 saturated heterocycles. The number of hydrogen-bond donors (Lipinski definition) is 2. The molecule has 2 aliphatic rings. The minimum absolute atomic E-state index is 0.00991. The minimum atomic E-state index is -0.202. The first-order valence-corrected chi connectivity index (χ1v) is 8.68. The van der Waals surface area contributed by atoms with Crippen molar-refractivity contribution < 1.29 is 24.4 Å². The summed E-state index contributed by atoms with van der Waals surface area (Å²) in [6.45, 7) is 4.50. The molecule has 0 radical (unpaired) electrons. The van der Waals surface area contributed by atoms with Gasteiger partial charge >= 0.3 is 0 Å². The highest BCUT2D eigenvalue weighted by molar-refractivity contribution is 5.62. The van der Waals surface area contributed by atoms with Gasteiger partial charge in [0.25, 0.3) is 0 Å². The highest BCUT2D eigenvalue weighted by Crippen LogP contribution is 2.55. The topological polar surface area (TPSA) is 68.2 Å². The lowest BCUT2D eigenvalue weighted by Crippen LogP contribution is -2.23. The molecule has 0 aromatic heterocycles. The van der Waals surface area contributed by atoms with Crippen molar-refractivity contribution in [3.05, 3.63) is 52.6 Å². The van der Waals surface area contributed by atoms with Crippen molar-refractivity contribution in [1.82, 2.24) is 0 Å². The van der Waals surface area contributed by atoms with Gasteiger partial charge in [0.1, 0.15) is 23.4 Å². The third kappa shape index (κ3) is 2.55. The van der Waals surface area contributed by atoms with E-state index in [1.54, 1.807) is 25.3 Å². The number of phenols is 2. The van der Waals surface area contributed by atoms with E-state index in [9.17, 15) is 10.2 Å². The van der Waals surface area contributed by atoms with Gasteiger partial charge in [-0.2, -0.15) is 0 Å². The Hall–Kier alpha value is -2.82. The molecule has 5 heteroatoms. The maximum atomic E-state index is 10.5. The Morgan fingerprint density at radius 1 is 1.23 bits per heavy atom. The Balaban J connectivity index is 1.82. The van der Waals surface area contributed by atoms with Gasteiger partial charge in [-0.1, -0.05) is 11.6 Å². The molecule has 2 aromatic carbocycles. The normalized spacial score (nSPS) is 19.5. The van der Waals surface area contributed by atoms with Crippen LogP contribution < -0.4 is 14.2 Å². The van der Waals surface area contributed by atoms with Crippen LogP contribution in [0.5, 0.6) is 28.7 Å². The fourth-order valence-corrected chi connectivity index (χ4v) is 3.74. The first kappa shape index (κ1) is 16.6. The number of fused-ring (bicyclic) bond motifs is 5. The Labute approximate surface area is 152 Å². The summed E-state index contributed by atoms with van der Waals surface area (Å²) in [4.78, 5) is 0. The molecule has 136 valence electrons. The van der Waals surface area contributed by atoms with Gasteiger partial charge in [0.05, 0.1) is 19.6 Å². The van der Waals surface area contributed by atoms with Crippen molar-refractivity contribution in [2.24, 2.45) is 0 Å². The molecule has 4 rings (SSSR count). The van der Waals surface area contributed by atoms with Gasteiger partial charge in [0, 0.05) is 22.8 Å². The summed E-state index contributed by atoms with van der Waals surface area (Å²) in [5.41, 5.74) is 3.87. The van der Waals surface area contributed by atoms with E-state index in [4.69, 9.17) is 14.2 Å². The molecule has 2 heterocycles. The Kier molecular flexibility index (Phi) is 3.94. The number of benzene rings is 2. The third-order valence-electron chi connectivity index (χ3n) is 4.99. The molecule has 0 fully saturated rings. The number of methoxy groups -OCH3 is 1. The lowest BCUT2D eigenvalue weighted by atomic mass is 9.88. The highest BCUT2D eigenvalue weighted by atomic mass is 16.5. The van der Waals surface area contributed by atoms with E-state index in [-0.39, 0.29) is 23.5 Å². The van der Waals surface area contributed by atoms with E-state index in [0.29, 0.717) is 24.5 Å². The van der Waals surface area contributed by atoms with Crippen LogP contribution in [-0.4, -0.2) is 23.9 Å². The van der Waals surface area contributed by atoms with Crippen molar-refractivity contribution in [2.75, 3.05) is 13.7 Å². The maximum Gasteiger partial charge on any atom is 0.167 e. The molecule has 2 atom stereocenters. The molecule has 0 unspecified atom stereocenters. The van der Waals surface area contributed by atoms with E-state index in [2.05, 4.69) is 6.08 Å².